The second-order valence-electron chi connectivity index (χ2n) is 3.24. The van der Waals surface area contributed by atoms with Crippen LogP contribution in [0.5, 0.6) is 0 Å². The highest BCUT2D eigenvalue weighted by Gasteiger charge is 2.00. The van der Waals surface area contributed by atoms with E-state index in [1.165, 1.54) is 6.07 Å². The van der Waals surface area contributed by atoms with Crippen molar-refractivity contribution in [3.05, 3.63) is 34.6 Å². The number of methoxy groups -OCH3 is 1. The van der Waals surface area contributed by atoms with Crippen LogP contribution in [-0.4, -0.2) is 26.8 Å². The van der Waals surface area contributed by atoms with Crippen molar-refractivity contribution < 1.29 is 9.13 Å². The van der Waals surface area contributed by atoms with Crippen LogP contribution in [0.25, 0.3) is 0 Å². The molecule has 1 aromatic carbocycles. The fourth-order valence-corrected chi connectivity index (χ4v) is 1.43. The van der Waals surface area contributed by atoms with Gasteiger partial charge >= 0.3 is 0 Å². The summed E-state index contributed by atoms with van der Waals surface area (Å²) in [4.78, 5) is 0. The molecule has 0 bridgehead atoms. The molecule has 0 atom stereocenters. The molecular formula is C11H15ClFNO. The molecule has 0 radical (unpaired) electrons. The summed E-state index contributed by atoms with van der Waals surface area (Å²) in [6.07, 6.45) is 0.837. The van der Waals surface area contributed by atoms with Crippen molar-refractivity contribution in [3.63, 3.8) is 0 Å². The first kappa shape index (κ1) is 12.4. The van der Waals surface area contributed by atoms with Crippen molar-refractivity contribution in [1.29, 1.82) is 0 Å². The van der Waals surface area contributed by atoms with Crippen molar-refractivity contribution >= 4 is 11.6 Å². The van der Waals surface area contributed by atoms with Crippen LogP contribution in [-0.2, 0) is 11.2 Å². The normalized spacial score (nSPS) is 10.6. The molecule has 0 aliphatic heterocycles. The van der Waals surface area contributed by atoms with Crippen molar-refractivity contribution in [2.75, 3.05) is 26.8 Å². The van der Waals surface area contributed by atoms with E-state index in [9.17, 15) is 4.39 Å². The van der Waals surface area contributed by atoms with E-state index < -0.39 is 0 Å². The van der Waals surface area contributed by atoms with Crippen LogP contribution in [0.15, 0.2) is 18.2 Å². The summed E-state index contributed by atoms with van der Waals surface area (Å²) in [5.74, 6) is -0.368. The van der Waals surface area contributed by atoms with Gasteiger partial charge in [0.25, 0.3) is 0 Å². The summed E-state index contributed by atoms with van der Waals surface area (Å²) in [6, 6.07) is 4.81. The van der Waals surface area contributed by atoms with Gasteiger partial charge in [0.1, 0.15) is 5.82 Å². The molecule has 0 heterocycles. The van der Waals surface area contributed by atoms with Gasteiger partial charge in [0.15, 0.2) is 0 Å². The van der Waals surface area contributed by atoms with Crippen LogP contribution in [0, 0.1) is 5.82 Å². The summed E-state index contributed by atoms with van der Waals surface area (Å²) in [7, 11) is 1.67. The highest BCUT2D eigenvalue weighted by molar-refractivity contribution is 6.30. The third kappa shape index (κ3) is 4.60. The summed E-state index contributed by atoms with van der Waals surface area (Å²) >= 11 is 5.66. The smallest absolute Gasteiger partial charge is 0.141 e. The first-order valence-electron chi connectivity index (χ1n) is 4.87. The molecule has 84 valence electrons. The van der Waals surface area contributed by atoms with E-state index in [0.29, 0.717) is 6.61 Å². The van der Waals surface area contributed by atoms with Crippen LogP contribution in [0.3, 0.4) is 0 Å². The van der Waals surface area contributed by atoms with Gasteiger partial charge in [0, 0.05) is 13.7 Å². The zero-order valence-electron chi connectivity index (χ0n) is 8.72. The summed E-state index contributed by atoms with van der Waals surface area (Å²) in [6.45, 7) is 2.36. The van der Waals surface area contributed by atoms with E-state index in [4.69, 9.17) is 16.3 Å². The molecule has 0 fully saturated rings. The average molecular weight is 232 g/mol. The molecule has 1 N–H and O–H groups in total. The number of rotatable bonds is 6. The summed E-state index contributed by atoms with van der Waals surface area (Å²) < 4.78 is 17.7. The second kappa shape index (κ2) is 6.77. The van der Waals surface area contributed by atoms with Gasteiger partial charge < -0.3 is 10.1 Å². The van der Waals surface area contributed by atoms with Gasteiger partial charge in [-0.25, -0.2) is 4.39 Å². The minimum absolute atomic E-state index is 0.185. The van der Waals surface area contributed by atoms with Crippen molar-refractivity contribution in [3.8, 4) is 0 Å². The topological polar surface area (TPSA) is 21.3 Å². The summed E-state index contributed by atoms with van der Waals surface area (Å²) in [5.41, 5.74) is 1.03. The maximum absolute atomic E-state index is 12.8. The van der Waals surface area contributed by atoms with Crippen LogP contribution in [0.4, 0.5) is 4.39 Å². The number of hydrogen-bond donors (Lipinski definition) is 1. The van der Waals surface area contributed by atoms with Crippen LogP contribution in [0.1, 0.15) is 5.56 Å². The van der Waals surface area contributed by atoms with Gasteiger partial charge in [0.2, 0.25) is 0 Å². The van der Waals surface area contributed by atoms with Gasteiger partial charge in [-0.3, -0.25) is 0 Å². The minimum Gasteiger partial charge on any atom is -0.383 e. The molecule has 0 saturated carbocycles. The van der Waals surface area contributed by atoms with Crippen LogP contribution in [0.2, 0.25) is 5.02 Å². The monoisotopic (exact) mass is 231 g/mol. The van der Waals surface area contributed by atoms with E-state index in [1.54, 1.807) is 19.2 Å². The summed E-state index contributed by atoms with van der Waals surface area (Å²) in [5, 5.41) is 3.39. The lowest BCUT2D eigenvalue weighted by atomic mass is 10.1. The van der Waals surface area contributed by atoms with Crippen LogP contribution >= 0.6 is 11.6 Å². The Labute approximate surface area is 94.4 Å². The van der Waals surface area contributed by atoms with Crippen LogP contribution < -0.4 is 5.32 Å². The lowest BCUT2D eigenvalue weighted by Crippen LogP contribution is -2.21. The molecule has 4 heteroatoms. The Morgan fingerprint density at radius 3 is 2.87 bits per heavy atom. The van der Waals surface area contributed by atoms with E-state index >= 15 is 0 Å². The maximum Gasteiger partial charge on any atom is 0.141 e. The number of halogens is 2. The molecule has 0 aliphatic carbocycles. The van der Waals surface area contributed by atoms with E-state index in [2.05, 4.69) is 5.32 Å². The molecule has 0 aromatic heterocycles. The van der Waals surface area contributed by atoms with Gasteiger partial charge in [-0.2, -0.15) is 0 Å². The number of ether oxygens (including phenoxy) is 1. The molecule has 0 amide bonds. The fourth-order valence-electron chi connectivity index (χ4n) is 1.23. The van der Waals surface area contributed by atoms with E-state index in [1.807, 2.05) is 0 Å². The molecule has 0 unspecified atom stereocenters. The number of nitrogens with one attached hydrogen (secondary N) is 1. The first-order chi connectivity index (χ1) is 7.24. The largest absolute Gasteiger partial charge is 0.383 e. The van der Waals surface area contributed by atoms with Gasteiger partial charge in [0.05, 0.1) is 11.6 Å². The third-order valence-corrected chi connectivity index (χ3v) is 2.35. The highest BCUT2D eigenvalue weighted by atomic mass is 35.5. The van der Waals surface area contributed by atoms with Gasteiger partial charge in [-0.1, -0.05) is 17.7 Å². The Morgan fingerprint density at radius 2 is 2.20 bits per heavy atom. The quantitative estimate of drug-likeness (QED) is 0.759. The van der Waals surface area contributed by atoms with E-state index in [-0.39, 0.29) is 10.8 Å². The number of benzene rings is 1. The number of hydrogen-bond acceptors (Lipinski definition) is 2. The lowest BCUT2D eigenvalue weighted by molar-refractivity contribution is 0.199. The Bertz CT molecular complexity index is 307. The van der Waals surface area contributed by atoms with Crippen molar-refractivity contribution in [2.45, 2.75) is 6.42 Å². The van der Waals surface area contributed by atoms with Gasteiger partial charge in [-0.05, 0) is 30.7 Å². The van der Waals surface area contributed by atoms with Gasteiger partial charge in [-0.15, -0.1) is 0 Å². The zero-order valence-corrected chi connectivity index (χ0v) is 9.48. The highest BCUT2D eigenvalue weighted by Crippen LogP contribution is 2.15. The van der Waals surface area contributed by atoms with E-state index in [0.717, 1.165) is 25.1 Å². The Kier molecular flexibility index (Phi) is 5.61. The molecule has 1 rings (SSSR count). The Hall–Kier alpha value is -0.640. The fraction of sp³-hybridized carbons (Fsp3) is 0.455. The predicted octanol–water partition coefficient (Wildman–Crippen LogP) is 2.26. The molecule has 15 heavy (non-hydrogen) atoms. The minimum atomic E-state index is -0.368. The predicted molar refractivity (Wildman–Crippen MR) is 59.9 cm³/mol. The molecular weight excluding hydrogens is 217 g/mol. The Balaban J connectivity index is 2.28. The lowest BCUT2D eigenvalue weighted by Gasteiger charge is -2.04. The first-order valence-corrected chi connectivity index (χ1v) is 5.25. The van der Waals surface area contributed by atoms with Crippen molar-refractivity contribution in [2.24, 2.45) is 0 Å². The molecule has 0 saturated heterocycles. The molecule has 1 aromatic rings. The molecule has 2 nitrogen and oxygen atoms in total. The molecule has 0 spiro atoms. The SMILES string of the molecule is COCCNCCc1ccc(F)c(Cl)c1. The second-order valence-corrected chi connectivity index (χ2v) is 3.65. The van der Waals surface area contributed by atoms with Crippen molar-refractivity contribution in [1.82, 2.24) is 5.32 Å². The Morgan fingerprint density at radius 1 is 1.40 bits per heavy atom. The maximum atomic E-state index is 12.8. The molecule has 0 aliphatic rings. The third-order valence-electron chi connectivity index (χ3n) is 2.06. The average Bonchev–Trinajstić information content (AvgIpc) is 2.23. The zero-order chi connectivity index (χ0) is 11.1. The standard InChI is InChI=1S/C11H15ClFNO/c1-15-7-6-14-5-4-9-2-3-11(13)10(12)8-9/h2-3,8,14H,4-7H2,1H3.